The second-order valence-corrected chi connectivity index (χ2v) is 6.05. The van der Waals surface area contributed by atoms with Crippen molar-refractivity contribution in [2.75, 3.05) is 0 Å². The number of hydrogen-bond donors (Lipinski definition) is 1. The Bertz CT molecular complexity index is 528. The van der Waals surface area contributed by atoms with Crippen LogP contribution in [0.25, 0.3) is 10.7 Å². The van der Waals surface area contributed by atoms with Gasteiger partial charge in [-0.1, -0.05) is 5.16 Å². The summed E-state index contributed by atoms with van der Waals surface area (Å²) in [5.41, 5.74) is 5.90. The van der Waals surface area contributed by atoms with Crippen LogP contribution in [0.15, 0.2) is 10.7 Å². The maximum Gasteiger partial charge on any atom is 0.230 e. The van der Waals surface area contributed by atoms with E-state index in [0.717, 1.165) is 41.5 Å². The summed E-state index contributed by atoms with van der Waals surface area (Å²) in [5.74, 6) is 1.79. The third-order valence-electron chi connectivity index (χ3n) is 3.40. The van der Waals surface area contributed by atoms with Gasteiger partial charge in [-0.3, -0.25) is 0 Å². The van der Waals surface area contributed by atoms with E-state index in [2.05, 4.69) is 15.1 Å². The molecule has 1 fully saturated rings. The van der Waals surface area contributed by atoms with Crippen molar-refractivity contribution in [1.29, 1.82) is 0 Å². The van der Waals surface area contributed by atoms with Crippen molar-refractivity contribution in [3.05, 3.63) is 17.1 Å². The summed E-state index contributed by atoms with van der Waals surface area (Å²) in [6.45, 7) is 1.97. The molecule has 3 rings (SSSR count). The highest BCUT2D eigenvalue weighted by atomic mass is 32.1. The van der Waals surface area contributed by atoms with Gasteiger partial charge in [0.05, 0.1) is 9.88 Å². The van der Waals surface area contributed by atoms with E-state index in [4.69, 9.17) is 10.3 Å². The minimum absolute atomic E-state index is 0.341. The molecule has 0 saturated heterocycles. The van der Waals surface area contributed by atoms with E-state index < -0.39 is 0 Å². The van der Waals surface area contributed by atoms with Gasteiger partial charge in [0.15, 0.2) is 0 Å². The Morgan fingerprint density at radius 2 is 2.11 bits per heavy atom. The zero-order chi connectivity index (χ0) is 12.5. The Morgan fingerprint density at radius 1 is 1.33 bits per heavy atom. The van der Waals surface area contributed by atoms with Crippen molar-refractivity contribution < 1.29 is 4.52 Å². The van der Waals surface area contributed by atoms with Gasteiger partial charge >= 0.3 is 0 Å². The van der Waals surface area contributed by atoms with Crippen LogP contribution in [-0.4, -0.2) is 21.2 Å². The Balaban J connectivity index is 1.77. The third kappa shape index (κ3) is 2.30. The summed E-state index contributed by atoms with van der Waals surface area (Å²) in [6, 6.07) is 0.341. The van der Waals surface area contributed by atoms with Gasteiger partial charge in [0.2, 0.25) is 11.7 Å². The number of aryl methyl sites for hydroxylation is 1. The highest BCUT2D eigenvalue weighted by Crippen LogP contribution is 2.32. The topological polar surface area (TPSA) is 77.8 Å². The van der Waals surface area contributed by atoms with Gasteiger partial charge in [0, 0.05) is 18.2 Å². The number of nitrogens with zero attached hydrogens (tertiary/aromatic N) is 3. The first-order chi connectivity index (χ1) is 8.72. The molecule has 0 bridgehead atoms. The summed E-state index contributed by atoms with van der Waals surface area (Å²) in [5, 5.41) is 5.06. The molecule has 0 atom stereocenters. The van der Waals surface area contributed by atoms with Crippen LogP contribution >= 0.6 is 11.3 Å². The highest BCUT2D eigenvalue weighted by Gasteiger charge is 2.25. The molecule has 0 amide bonds. The molecule has 96 valence electrons. The summed E-state index contributed by atoms with van der Waals surface area (Å²) >= 11 is 1.59. The maximum atomic E-state index is 5.90. The lowest BCUT2D eigenvalue weighted by Gasteiger charge is -2.22. The lowest BCUT2D eigenvalue weighted by molar-refractivity contribution is 0.301. The number of rotatable bonds is 2. The van der Waals surface area contributed by atoms with Crippen LogP contribution in [0.3, 0.4) is 0 Å². The maximum absolute atomic E-state index is 5.90. The predicted octanol–water partition coefficient (Wildman–Crippen LogP) is 2.49. The standard InChI is InChI=1S/C12H16N4OS/c1-7-14-6-10(18-7)11-15-12(17-16-11)8-2-4-9(13)5-3-8/h6,8-9H,2-5,13H2,1H3. The SMILES string of the molecule is Cc1ncc(-c2noc(C3CCC(N)CC3)n2)s1. The lowest BCUT2D eigenvalue weighted by atomic mass is 9.86. The van der Waals surface area contributed by atoms with Crippen LogP contribution in [-0.2, 0) is 0 Å². The molecule has 0 spiro atoms. The molecule has 1 saturated carbocycles. The monoisotopic (exact) mass is 264 g/mol. The molecule has 0 radical (unpaired) electrons. The largest absolute Gasteiger partial charge is 0.339 e. The van der Waals surface area contributed by atoms with Crippen molar-refractivity contribution in [1.82, 2.24) is 15.1 Å². The van der Waals surface area contributed by atoms with Crippen LogP contribution in [0.1, 0.15) is 42.5 Å². The number of hydrogen-bond acceptors (Lipinski definition) is 6. The molecule has 2 aromatic heterocycles. The third-order valence-corrected chi connectivity index (χ3v) is 4.31. The fourth-order valence-corrected chi connectivity index (χ4v) is 3.04. The zero-order valence-corrected chi connectivity index (χ0v) is 11.1. The molecule has 0 unspecified atom stereocenters. The van der Waals surface area contributed by atoms with Crippen LogP contribution in [0.4, 0.5) is 0 Å². The molecule has 0 aromatic carbocycles. The fraction of sp³-hybridized carbons (Fsp3) is 0.583. The minimum Gasteiger partial charge on any atom is -0.339 e. The Labute approximate surface area is 109 Å². The van der Waals surface area contributed by atoms with E-state index in [-0.39, 0.29) is 0 Å². The fourth-order valence-electron chi connectivity index (χ4n) is 2.33. The lowest BCUT2D eigenvalue weighted by Crippen LogP contribution is -2.25. The molecule has 18 heavy (non-hydrogen) atoms. The molecule has 1 aliphatic carbocycles. The van der Waals surface area contributed by atoms with Gasteiger partial charge < -0.3 is 10.3 Å². The van der Waals surface area contributed by atoms with E-state index in [0.29, 0.717) is 17.8 Å². The quantitative estimate of drug-likeness (QED) is 0.901. The van der Waals surface area contributed by atoms with Crippen molar-refractivity contribution in [3.8, 4) is 10.7 Å². The van der Waals surface area contributed by atoms with Gasteiger partial charge in [0.25, 0.3) is 0 Å². The van der Waals surface area contributed by atoms with E-state index in [1.54, 1.807) is 17.5 Å². The Hall–Kier alpha value is -1.27. The Morgan fingerprint density at radius 3 is 2.78 bits per heavy atom. The van der Waals surface area contributed by atoms with Crippen molar-refractivity contribution >= 4 is 11.3 Å². The second kappa shape index (κ2) is 4.78. The van der Waals surface area contributed by atoms with Crippen molar-refractivity contribution in [2.24, 2.45) is 5.73 Å². The average Bonchev–Trinajstić information content (AvgIpc) is 2.98. The Kier molecular flexibility index (Phi) is 3.13. The first kappa shape index (κ1) is 11.8. The number of thiazole rings is 1. The van der Waals surface area contributed by atoms with E-state index in [9.17, 15) is 0 Å². The zero-order valence-electron chi connectivity index (χ0n) is 10.3. The predicted molar refractivity (Wildman–Crippen MR) is 69.3 cm³/mol. The first-order valence-electron chi connectivity index (χ1n) is 6.24. The smallest absolute Gasteiger partial charge is 0.230 e. The van der Waals surface area contributed by atoms with Crippen LogP contribution in [0, 0.1) is 6.92 Å². The van der Waals surface area contributed by atoms with Crippen LogP contribution in [0.2, 0.25) is 0 Å². The molecular weight excluding hydrogens is 248 g/mol. The molecule has 1 aliphatic rings. The molecular formula is C12H16N4OS. The highest BCUT2D eigenvalue weighted by molar-refractivity contribution is 7.14. The summed E-state index contributed by atoms with van der Waals surface area (Å²) in [4.78, 5) is 9.67. The van der Waals surface area contributed by atoms with Gasteiger partial charge in [-0.2, -0.15) is 4.98 Å². The van der Waals surface area contributed by atoms with Crippen molar-refractivity contribution in [2.45, 2.75) is 44.6 Å². The van der Waals surface area contributed by atoms with E-state index in [1.807, 2.05) is 6.92 Å². The van der Waals surface area contributed by atoms with Crippen LogP contribution < -0.4 is 5.73 Å². The average molecular weight is 264 g/mol. The van der Waals surface area contributed by atoms with Gasteiger partial charge in [0.1, 0.15) is 0 Å². The molecule has 6 heteroatoms. The van der Waals surface area contributed by atoms with Crippen LogP contribution in [0.5, 0.6) is 0 Å². The molecule has 2 heterocycles. The second-order valence-electron chi connectivity index (χ2n) is 4.81. The normalized spacial score (nSPS) is 24.3. The first-order valence-corrected chi connectivity index (χ1v) is 7.06. The summed E-state index contributed by atoms with van der Waals surface area (Å²) in [6.07, 6.45) is 5.98. The minimum atomic E-state index is 0.341. The van der Waals surface area contributed by atoms with Gasteiger partial charge in [-0.25, -0.2) is 4.98 Å². The number of aromatic nitrogens is 3. The molecule has 2 N–H and O–H groups in total. The van der Waals surface area contributed by atoms with E-state index in [1.165, 1.54) is 0 Å². The molecule has 5 nitrogen and oxygen atoms in total. The number of nitrogens with two attached hydrogens (primary N) is 1. The van der Waals surface area contributed by atoms with E-state index >= 15 is 0 Å². The van der Waals surface area contributed by atoms with Gasteiger partial charge in [-0.05, 0) is 32.6 Å². The summed E-state index contributed by atoms with van der Waals surface area (Å²) < 4.78 is 5.38. The molecule has 2 aromatic rings. The van der Waals surface area contributed by atoms with Crippen molar-refractivity contribution in [3.63, 3.8) is 0 Å². The summed E-state index contributed by atoms with van der Waals surface area (Å²) in [7, 11) is 0. The van der Waals surface area contributed by atoms with Gasteiger partial charge in [-0.15, -0.1) is 11.3 Å². The molecule has 0 aliphatic heterocycles.